The maximum absolute atomic E-state index is 13.8. The van der Waals surface area contributed by atoms with Gasteiger partial charge in [0, 0.05) is 37.3 Å². The van der Waals surface area contributed by atoms with Crippen molar-refractivity contribution in [1.29, 1.82) is 0 Å². The summed E-state index contributed by atoms with van der Waals surface area (Å²) >= 11 is 0. The highest BCUT2D eigenvalue weighted by molar-refractivity contribution is 6.50. The van der Waals surface area contributed by atoms with E-state index in [2.05, 4.69) is 15.4 Å². The average Bonchev–Trinajstić information content (AvgIpc) is 3.78. The number of para-hydroxylation sites is 1. The Hall–Kier alpha value is -3.24. The van der Waals surface area contributed by atoms with Gasteiger partial charge in [0.1, 0.15) is 5.75 Å². The Morgan fingerprint density at radius 2 is 1.77 bits per heavy atom. The van der Waals surface area contributed by atoms with Gasteiger partial charge >= 0.3 is 5.97 Å². The van der Waals surface area contributed by atoms with E-state index in [4.69, 9.17) is 0 Å². The van der Waals surface area contributed by atoms with E-state index >= 15 is 0 Å². The van der Waals surface area contributed by atoms with E-state index in [-0.39, 0.29) is 29.3 Å². The molecule has 10 nitrogen and oxygen atoms in total. The Balaban J connectivity index is 1.40. The number of hydrazone groups is 1. The minimum Gasteiger partial charge on any atom is -0.505 e. The zero-order chi connectivity index (χ0) is 28.6. The van der Waals surface area contributed by atoms with Crippen LogP contribution in [-0.4, -0.2) is 94.2 Å². The molecule has 40 heavy (non-hydrogen) atoms. The largest absolute Gasteiger partial charge is 0.505 e. The molecule has 0 spiro atoms. The van der Waals surface area contributed by atoms with E-state index in [1.807, 2.05) is 25.1 Å². The van der Waals surface area contributed by atoms with Gasteiger partial charge < -0.3 is 20.0 Å². The van der Waals surface area contributed by atoms with Crippen LogP contribution >= 0.6 is 0 Å². The summed E-state index contributed by atoms with van der Waals surface area (Å²) in [6, 6.07) is 5.80. The van der Waals surface area contributed by atoms with Crippen molar-refractivity contribution in [3.63, 3.8) is 0 Å². The molecule has 2 unspecified atom stereocenters. The lowest BCUT2D eigenvalue weighted by Crippen LogP contribution is -2.56. The number of anilines is 1. The van der Waals surface area contributed by atoms with E-state index in [1.165, 1.54) is 17.7 Å². The summed E-state index contributed by atoms with van der Waals surface area (Å²) in [5, 5.41) is 25.1. The highest BCUT2D eigenvalue weighted by Gasteiger charge is 2.43. The van der Waals surface area contributed by atoms with Gasteiger partial charge in [-0.2, -0.15) is 5.10 Å². The molecule has 5 rings (SSSR count). The molecule has 2 aliphatic carbocycles. The quantitative estimate of drug-likeness (QED) is 0.255. The molecule has 1 aromatic carbocycles. The van der Waals surface area contributed by atoms with Gasteiger partial charge in [0.2, 0.25) is 0 Å². The number of carbonyl (C=O) groups excluding carboxylic acids is 2. The number of carboxylic acid groups (broad SMARTS) is 1. The van der Waals surface area contributed by atoms with Crippen LogP contribution in [0.4, 0.5) is 5.69 Å². The summed E-state index contributed by atoms with van der Waals surface area (Å²) < 4.78 is 0. The van der Waals surface area contributed by atoms with Crippen LogP contribution in [-0.2, 0) is 14.4 Å². The van der Waals surface area contributed by atoms with E-state index < -0.39 is 17.8 Å². The Morgan fingerprint density at radius 3 is 2.42 bits per heavy atom. The predicted octanol–water partition coefficient (Wildman–Crippen LogP) is 3.39. The molecule has 3 fully saturated rings. The number of imide groups is 1. The topological polar surface area (TPSA) is 126 Å². The van der Waals surface area contributed by atoms with Crippen molar-refractivity contribution >= 4 is 29.2 Å². The molecule has 2 saturated carbocycles. The van der Waals surface area contributed by atoms with Gasteiger partial charge in [-0.1, -0.05) is 18.6 Å². The highest BCUT2D eigenvalue weighted by atomic mass is 16.4. The molecule has 4 aliphatic rings. The van der Waals surface area contributed by atoms with Crippen LogP contribution in [0.2, 0.25) is 0 Å². The molecule has 2 atom stereocenters. The number of amides is 2. The first-order valence-electron chi connectivity index (χ1n) is 14.5. The number of phenolic OH excluding ortho intramolecular Hbond substituents is 1. The fourth-order valence-corrected chi connectivity index (χ4v) is 6.52. The van der Waals surface area contributed by atoms with Crippen molar-refractivity contribution in [3.8, 4) is 5.75 Å². The number of likely N-dealkylation sites (tertiary alicyclic amines) is 1. The number of aromatic hydroxyl groups is 1. The minimum absolute atomic E-state index is 0.0154. The number of hydrogen-bond donors (Lipinski definition) is 3. The molecule has 2 amide bonds. The van der Waals surface area contributed by atoms with Crippen molar-refractivity contribution in [1.82, 2.24) is 14.7 Å². The second-order valence-electron chi connectivity index (χ2n) is 12.0. The fourth-order valence-electron chi connectivity index (χ4n) is 6.52. The molecule has 10 heteroatoms. The number of nitrogens with zero attached hydrogens (tertiary/aromatic N) is 4. The lowest BCUT2D eigenvalue weighted by molar-refractivity contribution is -0.144. The van der Waals surface area contributed by atoms with E-state index in [0.29, 0.717) is 47.8 Å². The van der Waals surface area contributed by atoms with Gasteiger partial charge in [-0.25, -0.2) is 0 Å². The zero-order valence-electron chi connectivity index (χ0n) is 23.7. The number of carboxylic acids is 1. The highest BCUT2D eigenvalue weighted by Crippen LogP contribution is 2.42. The zero-order valence-corrected chi connectivity index (χ0v) is 23.7. The number of rotatable bonds is 8. The number of benzene rings is 1. The number of likely N-dealkylation sites (N-methyl/N-ethyl adjacent to an activating group) is 1. The van der Waals surface area contributed by atoms with Crippen molar-refractivity contribution < 1.29 is 24.6 Å². The smallest absolute Gasteiger partial charge is 0.306 e. The molecule has 2 aliphatic heterocycles. The molecule has 2 heterocycles. The molecule has 216 valence electrons. The maximum atomic E-state index is 13.8. The van der Waals surface area contributed by atoms with E-state index in [1.54, 1.807) is 19.1 Å². The maximum Gasteiger partial charge on any atom is 0.306 e. The van der Waals surface area contributed by atoms with Gasteiger partial charge in [0.25, 0.3) is 11.8 Å². The van der Waals surface area contributed by atoms with Crippen LogP contribution < -0.4 is 5.43 Å². The summed E-state index contributed by atoms with van der Waals surface area (Å²) in [6.45, 7) is 3.91. The summed E-state index contributed by atoms with van der Waals surface area (Å²) in [4.78, 5) is 44.8. The van der Waals surface area contributed by atoms with Crippen LogP contribution in [0.3, 0.4) is 0 Å². The fraction of sp³-hybridized carbons (Fsp3) is 0.600. The molecular weight excluding hydrogens is 510 g/mol. The van der Waals surface area contributed by atoms with E-state index in [9.17, 15) is 24.6 Å². The summed E-state index contributed by atoms with van der Waals surface area (Å²) in [5.41, 5.74) is 5.20. The number of nitrogens with one attached hydrogen (secondary N) is 1. The summed E-state index contributed by atoms with van der Waals surface area (Å²) in [7, 11) is 3.78. The standard InChI is InChI=1S/C30H41N5O5/c1-18-24(17-33(2)3)28(37)35(22-12-14-34(15-13-22)21-10-11-21)29(38)26(18)32-31-25-9-5-8-23(27(25)36)19-6-4-7-20(16-19)30(39)40/h5,8-9,19-22,31,36H,4,6-7,10-17H2,1-3H3,(H,39,40). The minimum atomic E-state index is -0.797. The SMILES string of the molecule is CC1=C(CN(C)C)C(=O)N(C2CCN(C3CC3)CC2)C(=O)C1=NNc1cccc(C2CCCC(C(=O)O)C2)c1O. The number of hydrogen-bond acceptors (Lipinski definition) is 8. The van der Waals surface area contributed by atoms with Crippen LogP contribution in [0, 0.1) is 5.92 Å². The Morgan fingerprint density at radius 1 is 1.05 bits per heavy atom. The molecule has 3 N–H and O–H groups in total. The van der Waals surface area contributed by atoms with Gasteiger partial charge in [0.15, 0.2) is 5.71 Å². The summed E-state index contributed by atoms with van der Waals surface area (Å²) in [5.74, 6) is -1.92. The molecule has 1 aromatic rings. The predicted molar refractivity (Wildman–Crippen MR) is 152 cm³/mol. The number of aliphatic carboxylic acids is 1. The molecule has 0 aromatic heterocycles. The third-order valence-corrected chi connectivity index (χ3v) is 8.93. The third-order valence-electron chi connectivity index (χ3n) is 8.93. The van der Waals surface area contributed by atoms with Gasteiger partial charge in [-0.3, -0.25) is 24.7 Å². The first-order chi connectivity index (χ1) is 19.2. The lowest BCUT2D eigenvalue weighted by atomic mass is 9.77. The van der Waals surface area contributed by atoms with Crippen molar-refractivity contribution in [2.45, 2.75) is 76.3 Å². The Bertz CT molecular complexity index is 1230. The van der Waals surface area contributed by atoms with Crippen LogP contribution in [0.15, 0.2) is 34.4 Å². The van der Waals surface area contributed by atoms with Crippen molar-refractivity contribution in [2.75, 3.05) is 39.2 Å². The first-order valence-corrected chi connectivity index (χ1v) is 14.5. The van der Waals surface area contributed by atoms with Crippen molar-refractivity contribution in [2.24, 2.45) is 11.0 Å². The Kier molecular flexibility index (Phi) is 8.28. The summed E-state index contributed by atoms with van der Waals surface area (Å²) in [6.07, 6.45) is 6.70. The first kappa shape index (κ1) is 28.3. The van der Waals surface area contributed by atoms with Gasteiger partial charge in [-0.05, 0) is 89.1 Å². The lowest BCUT2D eigenvalue weighted by Gasteiger charge is -2.40. The number of piperidine rings is 1. The van der Waals surface area contributed by atoms with Crippen molar-refractivity contribution in [3.05, 3.63) is 34.9 Å². The second-order valence-corrected chi connectivity index (χ2v) is 12.0. The van der Waals surface area contributed by atoms with Gasteiger partial charge in [-0.15, -0.1) is 0 Å². The number of phenols is 1. The molecular formula is C30H41N5O5. The Labute approximate surface area is 235 Å². The average molecular weight is 552 g/mol. The van der Waals surface area contributed by atoms with Crippen LogP contribution in [0.25, 0.3) is 0 Å². The monoisotopic (exact) mass is 551 g/mol. The molecule has 0 radical (unpaired) electrons. The van der Waals surface area contributed by atoms with Crippen LogP contribution in [0.5, 0.6) is 5.75 Å². The van der Waals surface area contributed by atoms with E-state index in [0.717, 1.165) is 38.8 Å². The number of carbonyl (C=O) groups is 3. The van der Waals surface area contributed by atoms with Crippen LogP contribution in [0.1, 0.15) is 69.8 Å². The molecule has 0 bridgehead atoms. The molecule has 1 saturated heterocycles. The second kappa shape index (κ2) is 11.7. The van der Waals surface area contributed by atoms with Gasteiger partial charge in [0.05, 0.1) is 11.6 Å². The normalized spacial score (nSPS) is 26.2. The third kappa shape index (κ3) is 5.78.